The Morgan fingerprint density at radius 2 is 1.68 bits per heavy atom. The topological polar surface area (TPSA) is 18.5 Å². The summed E-state index contributed by atoms with van der Waals surface area (Å²) in [6, 6.07) is 8.58. The van der Waals surface area contributed by atoms with E-state index in [4.69, 9.17) is 9.47 Å². The summed E-state index contributed by atoms with van der Waals surface area (Å²) >= 11 is 3.92. The van der Waals surface area contributed by atoms with E-state index < -0.39 is 0 Å². The molecule has 2 nitrogen and oxygen atoms in total. The third-order valence-electron chi connectivity index (χ3n) is 3.56. The van der Waals surface area contributed by atoms with Crippen molar-refractivity contribution in [2.24, 2.45) is 0 Å². The number of benzene rings is 1. The lowest BCUT2D eigenvalue weighted by atomic mass is 9.99. The van der Waals surface area contributed by atoms with Crippen LogP contribution in [0.2, 0.25) is 0 Å². The van der Waals surface area contributed by atoms with Gasteiger partial charge in [-0.05, 0) is 37.0 Å². The first-order chi connectivity index (χ1) is 10.7. The molecule has 2 atom stereocenters. The molecule has 126 valence electrons. The van der Waals surface area contributed by atoms with Gasteiger partial charge < -0.3 is 9.47 Å². The standard InChI is InChI=1S/C18H30O2S2/c1-5-15(2)17-6-8-18(9-7-17)20-16(3)14-22-13-12-21-11-10-19-4/h6-9,15-16H,5,10-14H2,1-4H3. The normalized spacial score (nSPS) is 13.8. The summed E-state index contributed by atoms with van der Waals surface area (Å²) in [5.74, 6) is 6.09. The lowest BCUT2D eigenvalue weighted by molar-refractivity contribution is 0.218. The van der Waals surface area contributed by atoms with Crippen molar-refractivity contribution >= 4 is 23.5 Å². The second-order valence-corrected chi connectivity index (χ2v) is 7.86. The van der Waals surface area contributed by atoms with Crippen LogP contribution in [0.3, 0.4) is 0 Å². The Morgan fingerprint density at radius 3 is 2.32 bits per heavy atom. The van der Waals surface area contributed by atoms with Crippen LogP contribution < -0.4 is 4.74 Å². The Balaban J connectivity index is 2.17. The van der Waals surface area contributed by atoms with Crippen molar-refractivity contribution in [3.63, 3.8) is 0 Å². The van der Waals surface area contributed by atoms with Crippen molar-refractivity contribution in [3.8, 4) is 5.75 Å². The minimum absolute atomic E-state index is 0.253. The second kappa shape index (κ2) is 12.1. The fourth-order valence-corrected chi connectivity index (χ4v) is 3.99. The summed E-state index contributed by atoms with van der Waals surface area (Å²) in [7, 11) is 1.75. The molecule has 1 aromatic rings. The molecule has 4 heteroatoms. The van der Waals surface area contributed by atoms with Gasteiger partial charge in [-0.2, -0.15) is 23.5 Å². The number of ether oxygens (including phenoxy) is 2. The van der Waals surface area contributed by atoms with Crippen molar-refractivity contribution in [3.05, 3.63) is 29.8 Å². The van der Waals surface area contributed by atoms with E-state index in [1.807, 2.05) is 23.5 Å². The monoisotopic (exact) mass is 342 g/mol. The van der Waals surface area contributed by atoms with Crippen LogP contribution in [-0.2, 0) is 4.74 Å². The zero-order chi connectivity index (χ0) is 16.2. The van der Waals surface area contributed by atoms with Crippen LogP contribution in [-0.4, -0.2) is 42.8 Å². The van der Waals surface area contributed by atoms with Crippen molar-refractivity contribution < 1.29 is 9.47 Å². The predicted octanol–water partition coefficient (Wildman–Crippen LogP) is 5.08. The fraction of sp³-hybridized carbons (Fsp3) is 0.667. The Morgan fingerprint density at radius 1 is 1.00 bits per heavy atom. The summed E-state index contributed by atoms with van der Waals surface area (Å²) in [5.41, 5.74) is 1.39. The van der Waals surface area contributed by atoms with Gasteiger partial charge in [0.05, 0.1) is 6.61 Å². The highest BCUT2D eigenvalue weighted by atomic mass is 32.2. The maximum absolute atomic E-state index is 5.98. The van der Waals surface area contributed by atoms with Gasteiger partial charge in [0, 0.05) is 30.1 Å². The molecule has 0 spiro atoms. The number of hydrogen-bond donors (Lipinski definition) is 0. The van der Waals surface area contributed by atoms with Crippen molar-refractivity contribution in [2.75, 3.05) is 36.7 Å². The number of thioether (sulfide) groups is 2. The van der Waals surface area contributed by atoms with Crippen LogP contribution in [0, 0.1) is 0 Å². The van der Waals surface area contributed by atoms with Gasteiger partial charge in [-0.25, -0.2) is 0 Å². The molecule has 0 aliphatic rings. The molecule has 0 fully saturated rings. The van der Waals surface area contributed by atoms with Crippen LogP contribution in [0.25, 0.3) is 0 Å². The van der Waals surface area contributed by atoms with E-state index in [1.54, 1.807) is 7.11 Å². The van der Waals surface area contributed by atoms with Crippen LogP contribution in [0.4, 0.5) is 0 Å². The molecule has 0 aliphatic heterocycles. The van der Waals surface area contributed by atoms with Gasteiger partial charge in [0.1, 0.15) is 11.9 Å². The van der Waals surface area contributed by atoms with E-state index in [0.717, 1.165) is 23.9 Å². The Labute approximate surface area is 144 Å². The van der Waals surface area contributed by atoms with Crippen LogP contribution in [0.1, 0.15) is 38.7 Å². The molecule has 0 bridgehead atoms. The molecule has 0 amide bonds. The molecule has 0 aromatic heterocycles. The molecular formula is C18H30O2S2. The van der Waals surface area contributed by atoms with E-state index in [0.29, 0.717) is 5.92 Å². The van der Waals surface area contributed by atoms with E-state index >= 15 is 0 Å². The zero-order valence-electron chi connectivity index (χ0n) is 14.3. The van der Waals surface area contributed by atoms with Gasteiger partial charge in [-0.15, -0.1) is 0 Å². The molecule has 1 rings (SSSR count). The van der Waals surface area contributed by atoms with Gasteiger partial charge in [0.25, 0.3) is 0 Å². The van der Waals surface area contributed by atoms with Crippen molar-refractivity contribution in [1.29, 1.82) is 0 Å². The van der Waals surface area contributed by atoms with Crippen molar-refractivity contribution in [2.45, 2.75) is 39.2 Å². The molecule has 22 heavy (non-hydrogen) atoms. The lowest BCUT2D eigenvalue weighted by Crippen LogP contribution is -2.15. The van der Waals surface area contributed by atoms with E-state index in [-0.39, 0.29) is 6.10 Å². The first kappa shape index (κ1) is 19.7. The maximum atomic E-state index is 5.98. The van der Waals surface area contributed by atoms with Crippen LogP contribution >= 0.6 is 23.5 Å². The molecule has 0 saturated heterocycles. The highest BCUT2D eigenvalue weighted by molar-refractivity contribution is 8.02. The van der Waals surface area contributed by atoms with Gasteiger partial charge in [-0.1, -0.05) is 26.0 Å². The summed E-state index contributed by atoms with van der Waals surface area (Å²) in [6.45, 7) is 7.48. The zero-order valence-corrected chi connectivity index (χ0v) is 16.0. The van der Waals surface area contributed by atoms with E-state index in [1.165, 1.54) is 23.5 Å². The molecular weight excluding hydrogens is 312 g/mol. The van der Waals surface area contributed by atoms with Crippen molar-refractivity contribution in [1.82, 2.24) is 0 Å². The minimum atomic E-state index is 0.253. The molecule has 0 heterocycles. The smallest absolute Gasteiger partial charge is 0.119 e. The van der Waals surface area contributed by atoms with Gasteiger partial charge in [-0.3, -0.25) is 0 Å². The minimum Gasteiger partial charge on any atom is -0.490 e. The number of hydrogen-bond acceptors (Lipinski definition) is 4. The Bertz CT molecular complexity index is 381. The molecule has 1 aromatic carbocycles. The van der Waals surface area contributed by atoms with Crippen LogP contribution in [0.15, 0.2) is 24.3 Å². The molecule has 0 aliphatic carbocycles. The molecule has 2 unspecified atom stereocenters. The highest BCUT2D eigenvalue weighted by Crippen LogP contribution is 2.22. The van der Waals surface area contributed by atoms with Gasteiger partial charge in [0.15, 0.2) is 0 Å². The average Bonchev–Trinajstić information content (AvgIpc) is 2.54. The quantitative estimate of drug-likeness (QED) is 0.493. The first-order valence-electron chi connectivity index (χ1n) is 8.08. The Kier molecular flexibility index (Phi) is 10.9. The summed E-state index contributed by atoms with van der Waals surface area (Å²) in [6.07, 6.45) is 1.43. The molecule has 0 N–H and O–H groups in total. The predicted molar refractivity (Wildman–Crippen MR) is 102 cm³/mol. The van der Waals surface area contributed by atoms with E-state index in [2.05, 4.69) is 45.0 Å². The highest BCUT2D eigenvalue weighted by Gasteiger charge is 2.06. The van der Waals surface area contributed by atoms with Gasteiger partial charge >= 0.3 is 0 Å². The maximum Gasteiger partial charge on any atom is 0.119 e. The number of methoxy groups -OCH3 is 1. The van der Waals surface area contributed by atoms with Gasteiger partial charge in [0.2, 0.25) is 0 Å². The summed E-state index contributed by atoms with van der Waals surface area (Å²) < 4.78 is 11.0. The first-order valence-corrected chi connectivity index (χ1v) is 10.4. The van der Waals surface area contributed by atoms with E-state index in [9.17, 15) is 0 Å². The summed E-state index contributed by atoms with van der Waals surface area (Å²) in [4.78, 5) is 0. The van der Waals surface area contributed by atoms with Crippen LogP contribution in [0.5, 0.6) is 5.75 Å². The molecule has 0 saturated carbocycles. The third-order valence-corrected chi connectivity index (χ3v) is 5.96. The SMILES string of the molecule is CCC(C)c1ccc(OC(C)CSCCSCCOC)cc1. The second-order valence-electron chi connectivity index (χ2n) is 5.49. The Hall–Kier alpha value is -0.320. The fourth-order valence-electron chi connectivity index (χ4n) is 1.99. The third kappa shape index (κ3) is 8.35. The molecule has 0 radical (unpaired) electrons. The summed E-state index contributed by atoms with van der Waals surface area (Å²) in [5, 5.41) is 0. The largest absolute Gasteiger partial charge is 0.490 e. The average molecular weight is 343 g/mol. The lowest BCUT2D eigenvalue weighted by Gasteiger charge is -2.15. The number of rotatable bonds is 12.